The van der Waals surface area contributed by atoms with Gasteiger partial charge in [-0.05, 0) is 68.5 Å². The zero-order chi connectivity index (χ0) is 20.2. The van der Waals surface area contributed by atoms with Crippen LogP contribution in [0.1, 0.15) is 33.4 Å². The van der Waals surface area contributed by atoms with E-state index in [1.807, 2.05) is 0 Å². The van der Waals surface area contributed by atoms with E-state index in [0.29, 0.717) is 0 Å². The smallest absolute Gasteiger partial charge is 0.0479 e. The third-order valence-electron chi connectivity index (χ3n) is 6.66. The van der Waals surface area contributed by atoms with Crippen molar-refractivity contribution in [3.8, 4) is 22.3 Å². The molecule has 0 saturated heterocycles. The van der Waals surface area contributed by atoms with Crippen LogP contribution in [0.5, 0.6) is 0 Å². The van der Waals surface area contributed by atoms with Gasteiger partial charge in [-0.1, -0.05) is 96.0 Å². The molecule has 0 amide bonds. The van der Waals surface area contributed by atoms with Gasteiger partial charge in [0.05, 0.1) is 0 Å². The summed E-state index contributed by atoms with van der Waals surface area (Å²) in [5.41, 5.74) is 12.9. The van der Waals surface area contributed by atoms with Crippen LogP contribution in [0, 0.1) is 0 Å². The second kappa shape index (κ2) is 8.35. The Morgan fingerprint density at radius 1 is 0.516 bits per heavy atom. The first-order valence-electron chi connectivity index (χ1n) is 10.5. The Bertz CT molecular complexity index is 1220. The number of rotatable bonds is 3. The zero-order valence-corrected chi connectivity index (χ0v) is 22.1. The molecule has 0 spiro atoms. The molecule has 0 nitrogen and oxygen atoms in total. The Morgan fingerprint density at radius 3 is 1.39 bits per heavy atom. The largest absolute Gasteiger partial charge is 0.0837 e. The summed E-state index contributed by atoms with van der Waals surface area (Å²) in [4.78, 5) is 0. The van der Waals surface area contributed by atoms with Crippen LogP contribution < -0.4 is 0 Å². The maximum Gasteiger partial charge on any atom is 0.0479 e. The number of aryl methyl sites for hydroxylation is 2. The van der Waals surface area contributed by atoms with Gasteiger partial charge in [0.1, 0.15) is 0 Å². The molecule has 150 valence electrons. The van der Waals surface area contributed by atoms with Crippen molar-refractivity contribution in [1.82, 2.24) is 0 Å². The predicted molar refractivity (Wildman–Crippen MR) is 127 cm³/mol. The van der Waals surface area contributed by atoms with Crippen molar-refractivity contribution in [1.29, 1.82) is 0 Å². The fourth-order valence-electron chi connectivity index (χ4n) is 5.10. The Hall–Kier alpha value is -1.67. The molecule has 3 heteroatoms. The second-order valence-corrected chi connectivity index (χ2v) is 9.05. The number of hydrogen-bond donors (Lipinski definition) is 0. The molecule has 0 atom stereocenters. The van der Waals surface area contributed by atoms with Gasteiger partial charge >= 0.3 is 0 Å². The molecule has 6 rings (SSSR count). The summed E-state index contributed by atoms with van der Waals surface area (Å²) in [6, 6.07) is 26.1. The Morgan fingerprint density at radius 2 is 0.935 bits per heavy atom. The van der Waals surface area contributed by atoms with Crippen LogP contribution in [0.25, 0.3) is 22.3 Å². The van der Waals surface area contributed by atoms with E-state index in [1.165, 1.54) is 55.6 Å². The van der Waals surface area contributed by atoms with Crippen molar-refractivity contribution in [2.75, 3.05) is 0 Å². The van der Waals surface area contributed by atoms with Crippen LogP contribution in [0.15, 0.2) is 72.8 Å². The van der Waals surface area contributed by atoms with E-state index < -0.39 is 0 Å². The first kappa shape index (κ1) is 21.2. The summed E-state index contributed by atoms with van der Waals surface area (Å²) < 4.78 is 0. The van der Waals surface area contributed by atoms with E-state index in [9.17, 15) is 0 Å². The monoisotopic (exact) mass is 606 g/mol. The van der Waals surface area contributed by atoms with Gasteiger partial charge < -0.3 is 0 Å². The molecule has 4 aromatic carbocycles. The number of benzene rings is 4. The average molecular weight is 606 g/mol. The fourth-order valence-corrected chi connectivity index (χ4v) is 5.75. The Kier molecular flexibility index (Phi) is 5.71. The minimum Gasteiger partial charge on any atom is -0.0837 e. The fraction of sp³-hybridized carbons (Fsp3) is 0.143. The second-order valence-electron chi connectivity index (χ2n) is 8.30. The van der Waals surface area contributed by atoms with Crippen LogP contribution >= 0.6 is 23.2 Å². The third kappa shape index (κ3) is 3.46. The van der Waals surface area contributed by atoms with Crippen molar-refractivity contribution in [2.24, 2.45) is 0 Å². The molecule has 0 aliphatic heterocycles. The van der Waals surface area contributed by atoms with Crippen LogP contribution in [0.3, 0.4) is 0 Å². The first-order chi connectivity index (χ1) is 14.7. The molecule has 0 heterocycles. The molecule has 2 aliphatic carbocycles. The van der Waals surface area contributed by atoms with Gasteiger partial charge in [-0.3, -0.25) is 0 Å². The number of halogens is 2. The molecule has 0 bridgehead atoms. The first-order valence-corrected chi connectivity index (χ1v) is 11.2. The molecule has 2 aliphatic rings. The van der Waals surface area contributed by atoms with E-state index in [1.54, 1.807) is 0 Å². The van der Waals surface area contributed by atoms with Crippen molar-refractivity contribution >= 4 is 23.2 Å². The zero-order valence-electron chi connectivity index (χ0n) is 17.0. The molecule has 0 unspecified atom stereocenters. The van der Waals surface area contributed by atoms with Crippen molar-refractivity contribution in [2.45, 2.75) is 25.7 Å². The summed E-state index contributed by atoms with van der Waals surface area (Å²) in [6.45, 7) is 0. The molecule has 0 N–H and O–H groups in total. The Balaban J connectivity index is 0.00000204. The van der Waals surface area contributed by atoms with Gasteiger partial charge in [0, 0.05) is 48.7 Å². The van der Waals surface area contributed by atoms with E-state index in [2.05, 4.69) is 72.8 Å². The molecule has 0 aromatic heterocycles. The van der Waals surface area contributed by atoms with Crippen LogP contribution in [0.4, 0.5) is 0 Å². The summed E-state index contributed by atoms with van der Waals surface area (Å²) in [6.07, 6.45) is 3.65. The van der Waals surface area contributed by atoms with E-state index in [4.69, 9.17) is 23.2 Å². The van der Waals surface area contributed by atoms with Crippen molar-refractivity contribution in [3.63, 3.8) is 0 Å². The predicted octanol–water partition coefficient (Wildman–Crippen LogP) is 7.92. The topological polar surface area (TPSA) is 0 Å². The van der Waals surface area contributed by atoms with Crippen molar-refractivity contribution in [3.05, 3.63) is 116 Å². The average Bonchev–Trinajstić information content (AvgIpc) is 3.34. The number of fused-ring (bicyclic) bond motifs is 6. The van der Waals surface area contributed by atoms with Gasteiger partial charge in [-0.2, -0.15) is 0 Å². The minimum absolute atomic E-state index is 0. The quantitative estimate of drug-likeness (QED) is 0.180. The SMILES string of the molecule is Clc1c(CCc2ccc3c(c2Cl)Cc2ccccc2-3)ccc2c1Cc1ccccc1-2.[Hf]. The van der Waals surface area contributed by atoms with Gasteiger partial charge in [0.2, 0.25) is 0 Å². The molecular formula is C28H20Cl2Hf. The molecular weight excluding hydrogens is 586 g/mol. The van der Waals surface area contributed by atoms with Crippen molar-refractivity contribution < 1.29 is 25.8 Å². The van der Waals surface area contributed by atoms with E-state index >= 15 is 0 Å². The minimum atomic E-state index is 0. The maximum atomic E-state index is 6.87. The molecule has 4 aromatic rings. The maximum absolute atomic E-state index is 6.87. The van der Waals surface area contributed by atoms with Gasteiger partial charge in [0.15, 0.2) is 0 Å². The van der Waals surface area contributed by atoms with E-state index in [-0.39, 0.29) is 25.8 Å². The van der Waals surface area contributed by atoms with Gasteiger partial charge in [-0.25, -0.2) is 0 Å². The summed E-state index contributed by atoms with van der Waals surface area (Å²) in [5, 5.41) is 1.85. The van der Waals surface area contributed by atoms with Crippen LogP contribution in [-0.4, -0.2) is 0 Å². The molecule has 31 heavy (non-hydrogen) atoms. The molecule has 0 saturated carbocycles. The third-order valence-corrected chi connectivity index (χ3v) is 7.60. The standard InChI is InChI=1S/C28H20Cl2.Hf/c29-27-17(11-13-23-21-7-3-1-5-19(21)15-25(23)27)9-10-18-12-14-24-22-8-4-2-6-20(22)16-26(24)28(18)30;/h1-8,11-14H,9-10,15-16H2;. The summed E-state index contributed by atoms with van der Waals surface area (Å²) in [5.74, 6) is 0. The van der Waals surface area contributed by atoms with Gasteiger partial charge in [0.25, 0.3) is 0 Å². The van der Waals surface area contributed by atoms with E-state index in [0.717, 1.165) is 35.7 Å². The van der Waals surface area contributed by atoms with Crippen LogP contribution in [-0.2, 0) is 51.5 Å². The van der Waals surface area contributed by atoms with Crippen LogP contribution in [0.2, 0.25) is 10.0 Å². The summed E-state index contributed by atoms with van der Waals surface area (Å²) >= 11 is 13.7. The Labute approximate surface area is 212 Å². The normalized spacial score (nSPS) is 12.6. The summed E-state index contributed by atoms with van der Waals surface area (Å²) in [7, 11) is 0. The van der Waals surface area contributed by atoms with Gasteiger partial charge in [-0.15, -0.1) is 0 Å². The number of hydrogen-bond acceptors (Lipinski definition) is 0. The molecule has 0 radical (unpaired) electrons. The molecule has 0 fully saturated rings.